The van der Waals surface area contributed by atoms with Crippen LogP contribution < -0.4 is 20.3 Å². The predicted molar refractivity (Wildman–Crippen MR) is 156 cm³/mol. The van der Waals surface area contributed by atoms with Gasteiger partial charge in [0.05, 0.1) is 28.7 Å². The molecule has 0 aliphatic heterocycles. The molecule has 0 saturated heterocycles. The van der Waals surface area contributed by atoms with Crippen LogP contribution in [0.2, 0.25) is 0 Å². The first kappa shape index (κ1) is 26.6. The smallest absolute Gasteiger partial charge is 0.282 e. The number of hydrogen-bond acceptors (Lipinski definition) is 6. The molecule has 8 nitrogen and oxygen atoms in total. The lowest BCUT2D eigenvalue weighted by Crippen LogP contribution is -2.25. The second-order valence-electron chi connectivity index (χ2n) is 9.42. The summed E-state index contributed by atoms with van der Waals surface area (Å²) < 4.78 is 13.4. The molecule has 0 atom stereocenters. The van der Waals surface area contributed by atoms with Crippen LogP contribution in [0, 0.1) is 0 Å². The summed E-state index contributed by atoms with van der Waals surface area (Å²) in [5, 5.41) is 7.93. The fourth-order valence-electron chi connectivity index (χ4n) is 4.81. The normalized spacial score (nSPS) is 14.0. The summed E-state index contributed by atoms with van der Waals surface area (Å²) in [5.41, 5.74) is 1.88. The topological polar surface area (TPSA) is 94.8 Å². The Morgan fingerprint density at radius 3 is 2.62 bits per heavy atom. The van der Waals surface area contributed by atoms with Crippen LogP contribution in [0.1, 0.15) is 49.4 Å². The zero-order valence-corrected chi connectivity index (χ0v) is 23.2. The Morgan fingerprint density at radius 2 is 1.85 bits per heavy atom. The molecule has 200 valence electrons. The summed E-state index contributed by atoms with van der Waals surface area (Å²) in [6.45, 7) is -0.194. The largest absolute Gasteiger partial charge is 0.493 e. The van der Waals surface area contributed by atoms with E-state index in [1.807, 2.05) is 36.4 Å². The highest BCUT2D eigenvalue weighted by molar-refractivity contribution is 9.10. The van der Waals surface area contributed by atoms with Gasteiger partial charge in [-0.15, -0.1) is 0 Å². The second kappa shape index (κ2) is 12.3. The molecule has 9 heteroatoms. The SMILES string of the molecule is COc1cc(C=Nn2c(C3CCCCC3)nc3ccccc3c2=O)cc(Br)c1OCC(=O)Nc1ccccc1. The van der Waals surface area contributed by atoms with Gasteiger partial charge in [-0.05, 0) is 70.7 Å². The minimum absolute atomic E-state index is 0.187. The van der Waals surface area contributed by atoms with Gasteiger partial charge in [0.25, 0.3) is 11.5 Å². The van der Waals surface area contributed by atoms with Crippen LogP contribution in [0.25, 0.3) is 10.9 Å². The van der Waals surface area contributed by atoms with E-state index in [1.54, 1.807) is 36.5 Å². The molecule has 5 rings (SSSR count). The van der Waals surface area contributed by atoms with Crippen LogP contribution in [-0.4, -0.2) is 35.5 Å². The lowest BCUT2D eigenvalue weighted by molar-refractivity contribution is -0.118. The van der Waals surface area contributed by atoms with Crippen molar-refractivity contribution < 1.29 is 14.3 Å². The predicted octanol–water partition coefficient (Wildman–Crippen LogP) is 6.12. The van der Waals surface area contributed by atoms with Crippen molar-refractivity contribution in [1.82, 2.24) is 9.66 Å². The van der Waals surface area contributed by atoms with Crippen molar-refractivity contribution in [2.45, 2.75) is 38.0 Å². The van der Waals surface area contributed by atoms with E-state index in [1.165, 1.54) is 18.2 Å². The molecule has 39 heavy (non-hydrogen) atoms. The average molecular weight is 589 g/mol. The van der Waals surface area contributed by atoms with Gasteiger partial charge in [-0.1, -0.05) is 49.6 Å². The minimum Gasteiger partial charge on any atom is -0.493 e. The molecule has 1 fully saturated rings. The van der Waals surface area contributed by atoms with E-state index in [9.17, 15) is 9.59 Å². The number of anilines is 1. The highest BCUT2D eigenvalue weighted by atomic mass is 79.9. The first-order chi connectivity index (χ1) is 19.0. The van der Waals surface area contributed by atoms with Gasteiger partial charge in [-0.25, -0.2) is 4.98 Å². The van der Waals surface area contributed by atoms with Gasteiger partial charge in [-0.2, -0.15) is 9.78 Å². The van der Waals surface area contributed by atoms with E-state index in [4.69, 9.17) is 14.5 Å². The number of methoxy groups -OCH3 is 1. The van der Waals surface area contributed by atoms with Gasteiger partial charge in [0.15, 0.2) is 18.1 Å². The van der Waals surface area contributed by atoms with Crippen molar-refractivity contribution in [3.05, 3.63) is 92.9 Å². The van der Waals surface area contributed by atoms with E-state index in [-0.39, 0.29) is 24.0 Å². The van der Waals surface area contributed by atoms with Crippen molar-refractivity contribution in [3.63, 3.8) is 0 Å². The number of benzene rings is 3. The van der Waals surface area contributed by atoms with Gasteiger partial charge in [-0.3, -0.25) is 9.59 Å². The highest BCUT2D eigenvalue weighted by Crippen LogP contribution is 2.36. The summed E-state index contributed by atoms with van der Waals surface area (Å²) in [6.07, 6.45) is 7.03. The van der Waals surface area contributed by atoms with Gasteiger partial charge in [0.1, 0.15) is 5.82 Å². The summed E-state index contributed by atoms with van der Waals surface area (Å²) in [6, 6.07) is 20.1. The molecular weight excluding hydrogens is 560 g/mol. The average Bonchev–Trinajstić information content (AvgIpc) is 2.96. The maximum Gasteiger partial charge on any atom is 0.282 e. The van der Waals surface area contributed by atoms with E-state index < -0.39 is 0 Å². The third kappa shape index (κ3) is 6.20. The van der Waals surface area contributed by atoms with E-state index in [0.29, 0.717) is 43.9 Å². The Hall–Kier alpha value is -3.98. The number of amides is 1. The quantitative estimate of drug-likeness (QED) is 0.250. The van der Waals surface area contributed by atoms with Crippen LogP contribution in [-0.2, 0) is 4.79 Å². The van der Waals surface area contributed by atoms with Gasteiger partial charge < -0.3 is 14.8 Å². The number of aromatic nitrogens is 2. The number of fused-ring (bicyclic) bond motifs is 1. The molecule has 1 aliphatic rings. The van der Waals surface area contributed by atoms with Crippen LogP contribution in [0.15, 0.2) is 81.1 Å². The van der Waals surface area contributed by atoms with Crippen molar-refractivity contribution in [3.8, 4) is 11.5 Å². The molecule has 1 aromatic heterocycles. The molecule has 0 spiro atoms. The lowest BCUT2D eigenvalue weighted by Gasteiger charge is -2.22. The highest BCUT2D eigenvalue weighted by Gasteiger charge is 2.22. The third-order valence-corrected chi connectivity index (χ3v) is 7.32. The van der Waals surface area contributed by atoms with Crippen molar-refractivity contribution in [2.24, 2.45) is 5.10 Å². The molecule has 4 aromatic rings. The minimum atomic E-state index is -0.292. The zero-order chi connectivity index (χ0) is 27.2. The van der Waals surface area contributed by atoms with Crippen molar-refractivity contribution in [2.75, 3.05) is 19.0 Å². The number of nitrogens with zero attached hydrogens (tertiary/aromatic N) is 3. The molecule has 3 aromatic carbocycles. The maximum absolute atomic E-state index is 13.5. The lowest BCUT2D eigenvalue weighted by atomic mass is 9.88. The van der Waals surface area contributed by atoms with Crippen molar-refractivity contribution >= 4 is 44.6 Å². The Bertz CT molecular complexity index is 1560. The Balaban J connectivity index is 1.41. The van der Waals surface area contributed by atoms with Gasteiger partial charge in [0.2, 0.25) is 0 Å². The number of hydrogen-bond donors (Lipinski definition) is 1. The fourth-order valence-corrected chi connectivity index (χ4v) is 5.39. The number of nitrogens with one attached hydrogen (secondary N) is 1. The molecular formula is C30H29BrN4O4. The Kier molecular flexibility index (Phi) is 8.36. The Morgan fingerprint density at radius 1 is 1.10 bits per heavy atom. The third-order valence-electron chi connectivity index (χ3n) is 6.73. The number of carbonyl (C=O) groups is 1. The van der Waals surface area contributed by atoms with Crippen LogP contribution >= 0.6 is 15.9 Å². The van der Waals surface area contributed by atoms with Gasteiger partial charge in [0, 0.05) is 11.6 Å². The number of halogens is 1. The molecule has 1 N–H and O–H groups in total. The van der Waals surface area contributed by atoms with E-state index >= 15 is 0 Å². The standard InChI is InChI=1S/C30H29BrN4O4/c1-38-26-17-20(16-24(31)28(26)39-19-27(36)33-22-12-6-3-7-13-22)18-32-35-29(21-10-4-2-5-11-21)34-25-15-9-8-14-23(25)30(35)37/h3,6-9,12-18,21H,2,4-5,10-11,19H2,1H3,(H,33,36). The Labute approximate surface area is 234 Å². The first-order valence-electron chi connectivity index (χ1n) is 12.9. The van der Waals surface area contributed by atoms with E-state index in [2.05, 4.69) is 26.3 Å². The monoisotopic (exact) mass is 588 g/mol. The molecule has 1 saturated carbocycles. The summed E-state index contributed by atoms with van der Waals surface area (Å²) >= 11 is 3.53. The molecule has 1 heterocycles. The number of ether oxygens (including phenoxy) is 2. The summed E-state index contributed by atoms with van der Waals surface area (Å²) in [5.74, 6) is 1.41. The first-order valence-corrected chi connectivity index (χ1v) is 13.7. The van der Waals surface area contributed by atoms with Crippen molar-refractivity contribution in [1.29, 1.82) is 0 Å². The molecule has 0 bridgehead atoms. The summed E-state index contributed by atoms with van der Waals surface area (Å²) in [7, 11) is 1.53. The maximum atomic E-state index is 13.5. The molecule has 1 aliphatic carbocycles. The van der Waals surface area contributed by atoms with Crippen LogP contribution in [0.4, 0.5) is 5.69 Å². The zero-order valence-electron chi connectivity index (χ0n) is 21.6. The fraction of sp³-hybridized carbons (Fsp3) is 0.267. The van der Waals surface area contributed by atoms with Gasteiger partial charge >= 0.3 is 0 Å². The number of carbonyl (C=O) groups excluding carboxylic acids is 1. The van der Waals surface area contributed by atoms with Crippen LogP contribution in [0.3, 0.4) is 0 Å². The van der Waals surface area contributed by atoms with E-state index in [0.717, 1.165) is 25.7 Å². The molecule has 1 amide bonds. The number of para-hydroxylation sites is 2. The second-order valence-corrected chi connectivity index (χ2v) is 10.3. The summed E-state index contributed by atoms with van der Waals surface area (Å²) in [4.78, 5) is 30.7. The van der Waals surface area contributed by atoms with Crippen LogP contribution in [0.5, 0.6) is 11.5 Å². The molecule has 0 radical (unpaired) electrons. The number of rotatable bonds is 8. The molecule has 0 unspecified atom stereocenters.